The normalized spacial score (nSPS) is 30.7. The first kappa shape index (κ1) is 18.3. The van der Waals surface area contributed by atoms with Crippen molar-refractivity contribution in [3.8, 4) is 5.75 Å². The standard InChI is InChI=1S/C14H17ClO7S/c1-19-13-11(18)12(10(17)9(6-16)21-13)22-14(23)20-8-4-2-7(15)3-5-8/h2-5,9-13,16-18H,6H2,1H3/t9-,10-,11+,12+,13-/m1/s1. The van der Waals surface area contributed by atoms with Gasteiger partial charge < -0.3 is 34.3 Å². The second-order valence-corrected chi connectivity index (χ2v) is 5.60. The summed E-state index contributed by atoms with van der Waals surface area (Å²) in [6.45, 7) is -0.474. The zero-order valence-corrected chi connectivity index (χ0v) is 13.7. The Morgan fingerprint density at radius 3 is 2.48 bits per heavy atom. The molecule has 23 heavy (non-hydrogen) atoms. The first-order chi connectivity index (χ1) is 11.0. The van der Waals surface area contributed by atoms with Gasteiger partial charge in [-0.3, -0.25) is 0 Å². The van der Waals surface area contributed by atoms with Gasteiger partial charge in [0.1, 0.15) is 24.1 Å². The Bertz CT molecular complexity index is 510. The minimum Gasteiger partial charge on any atom is -0.447 e. The zero-order chi connectivity index (χ0) is 17.0. The van der Waals surface area contributed by atoms with Gasteiger partial charge in [0.2, 0.25) is 0 Å². The van der Waals surface area contributed by atoms with E-state index < -0.39 is 37.3 Å². The number of ether oxygens (including phenoxy) is 4. The van der Waals surface area contributed by atoms with Gasteiger partial charge in [0, 0.05) is 24.4 Å². The number of halogens is 1. The maximum atomic E-state index is 10.1. The second-order valence-electron chi connectivity index (χ2n) is 4.83. The molecule has 0 saturated carbocycles. The molecular weight excluding hydrogens is 348 g/mol. The van der Waals surface area contributed by atoms with Crippen LogP contribution in [-0.4, -0.2) is 65.0 Å². The van der Waals surface area contributed by atoms with E-state index >= 15 is 0 Å². The summed E-state index contributed by atoms with van der Waals surface area (Å²) in [6.07, 6.45) is -5.85. The quantitative estimate of drug-likeness (QED) is 0.663. The molecule has 0 amide bonds. The van der Waals surface area contributed by atoms with Crippen LogP contribution in [0.25, 0.3) is 0 Å². The van der Waals surface area contributed by atoms with Gasteiger partial charge in [-0.05, 0) is 24.3 Å². The average molecular weight is 365 g/mol. The molecule has 0 bridgehead atoms. The van der Waals surface area contributed by atoms with Crippen LogP contribution in [0.5, 0.6) is 5.75 Å². The molecule has 0 spiro atoms. The van der Waals surface area contributed by atoms with Crippen molar-refractivity contribution in [1.29, 1.82) is 0 Å². The monoisotopic (exact) mass is 364 g/mol. The molecule has 1 fully saturated rings. The van der Waals surface area contributed by atoms with Crippen LogP contribution < -0.4 is 4.74 Å². The Morgan fingerprint density at radius 1 is 1.26 bits per heavy atom. The number of aliphatic hydroxyl groups is 3. The van der Waals surface area contributed by atoms with E-state index in [2.05, 4.69) is 0 Å². The fourth-order valence-corrected chi connectivity index (χ4v) is 2.45. The maximum Gasteiger partial charge on any atom is 0.358 e. The lowest BCUT2D eigenvalue weighted by atomic mass is 9.99. The van der Waals surface area contributed by atoms with Crippen LogP contribution in [-0.2, 0) is 14.2 Å². The number of aliphatic hydroxyl groups excluding tert-OH is 3. The predicted molar refractivity (Wildman–Crippen MR) is 84.3 cm³/mol. The van der Waals surface area contributed by atoms with Crippen LogP contribution >= 0.6 is 23.8 Å². The van der Waals surface area contributed by atoms with Gasteiger partial charge in [0.05, 0.1) is 6.61 Å². The third-order valence-electron chi connectivity index (χ3n) is 3.30. The molecule has 0 aliphatic carbocycles. The van der Waals surface area contributed by atoms with Gasteiger partial charge in [-0.25, -0.2) is 0 Å². The number of hydrogen-bond donors (Lipinski definition) is 3. The SMILES string of the molecule is CO[C@@H]1O[C@H](CO)[C@@H](O)[C@H](OC(=S)Oc2ccc(Cl)cc2)[C@@H]1O. The molecule has 1 aliphatic heterocycles. The van der Waals surface area contributed by atoms with Crippen LogP contribution in [0.1, 0.15) is 0 Å². The molecule has 3 N–H and O–H groups in total. The van der Waals surface area contributed by atoms with E-state index in [1.54, 1.807) is 24.3 Å². The highest BCUT2D eigenvalue weighted by Crippen LogP contribution is 2.25. The number of methoxy groups -OCH3 is 1. The predicted octanol–water partition coefficient (Wildman–Crippen LogP) is 0.474. The Morgan fingerprint density at radius 2 is 1.91 bits per heavy atom. The third-order valence-corrected chi connectivity index (χ3v) is 3.73. The summed E-state index contributed by atoms with van der Waals surface area (Å²) in [4.78, 5) is 0. The Kier molecular flexibility index (Phi) is 6.54. The molecule has 1 saturated heterocycles. The molecule has 5 atom stereocenters. The van der Waals surface area contributed by atoms with Crippen molar-refractivity contribution >= 4 is 29.1 Å². The molecule has 9 heteroatoms. The summed E-state index contributed by atoms with van der Waals surface area (Å²) < 4.78 is 20.8. The van der Waals surface area contributed by atoms with Crippen LogP contribution in [0.2, 0.25) is 5.02 Å². The van der Waals surface area contributed by atoms with E-state index in [1.165, 1.54) is 7.11 Å². The number of rotatable bonds is 4. The van der Waals surface area contributed by atoms with Crippen molar-refractivity contribution in [3.63, 3.8) is 0 Å². The number of hydrogen-bond acceptors (Lipinski definition) is 8. The van der Waals surface area contributed by atoms with Crippen LogP contribution in [0, 0.1) is 0 Å². The molecule has 0 radical (unpaired) electrons. The molecule has 1 aromatic carbocycles. The van der Waals surface area contributed by atoms with E-state index in [0.717, 1.165) is 0 Å². The van der Waals surface area contributed by atoms with Crippen LogP contribution in [0.4, 0.5) is 0 Å². The number of thiocarbonyl (C=S) groups is 1. The van der Waals surface area contributed by atoms with E-state index in [0.29, 0.717) is 10.8 Å². The molecule has 7 nitrogen and oxygen atoms in total. The third kappa shape index (κ3) is 4.51. The summed E-state index contributed by atoms with van der Waals surface area (Å²) in [7, 11) is 1.32. The van der Waals surface area contributed by atoms with Gasteiger partial charge in [-0.15, -0.1) is 0 Å². The largest absolute Gasteiger partial charge is 0.447 e. The van der Waals surface area contributed by atoms with Crippen molar-refractivity contribution in [3.05, 3.63) is 29.3 Å². The molecule has 128 valence electrons. The summed E-state index contributed by atoms with van der Waals surface area (Å²) in [5, 5.41) is 29.7. The van der Waals surface area contributed by atoms with Gasteiger partial charge in [0.15, 0.2) is 12.4 Å². The van der Waals surface area contributed by atoms with Gasteiger partial charge in [-0.1, -0.05) is 11.6 Å². The van der Waals surface area contributed by atoms with Crippen molar-refractivity contribution < 1.29 is 34.3 Å². The lowest BCUT2D eigenvalue weighted by molar-refractivity contribution is -0.292. The van der Waals surface area contributed by atoms with Crippen LogP contribution in [0.3, 0.4) is 0 Å². The first-order valence-corrected chi connectivity index (χ1v) is 7.54. The Balaban J connectivity index is 2.03. The smallest absolute Gasteiger partial charge is 0.358 e. The second kappa shape index (κ2) is 8.20. The van der Waals surface area contributed by atoms with E-state index in [4.69, 9.17) is 42.8 Å². The fraction of sp³-hybridized carbons (Fsp3) is 0.500. The highest BCUT2D eigenvalue weighted by molar-refractivity contribution is 7.79. The molecule has 1 heterocycles. The fourth-order valence-electron chi connectivity index (χ4n) is 2.12. The minimum atomic E-state index is -1.32. The van der Waals surface area contributed by atoms with Gasteiger partial charge in [0.25, 0.3) is 0 Å². The summed E-state index contributed by atoms with van der Waals surface area (Å²) in [6, 6.07) is 6.40. The summed E-state index contributed by atoms with van der Waals surface area (Å²) in [5.74, 6) is 0.387. The van der Waals surface area contributed by atoms with Gasteiger partial charge in [-0.2, -0.15) is 0 Å². The minimum absolute atomic E-state index is 0.302. The van der Waals surface area contributed by atoms with Crippen molar-refractivity contribution in [2.75, 3.05) is 13.7 Å². The van der Waals surface area contributed by atoms with E-state index in [1.807, 2.05) is 0 Å². The van der Waals surface area contributed by atoms with Crippen molar-refractivity contribution in [2.45, 2.75) is 30.7 Å². The lowest BCUT2D eigenvalue weighted by Gasteiger charge is -2.40. The molecule has 0 unspecified atom stereocenters. The molecule has 0 aromatic heterocycles. The van der Waals surface area contributed by atoms with Crippen molar-refractivity contribution in [2.24, 2.45) is 0 Å². The van der Waals surface area contributed by atoms with Gasteiger partial charge >= 0.3 is 5.24 Å². The Hall–Kier alpha value is -1.00. The van der Waals surface area contributed by atoms with E-state index in [9.17, 15) is 15.3 Å². The van der Waals surface area contributed by atoms with Crippen molar-refractivity contribution in [1.82, 2.24) is 0 Å². The lowest BCUT2D eigenvalue weighted by Crippen LogP contribution is -2.60. The summed E-state index contributed by atoms with van der Waals surface area (Å²) in [5.41, 5.74) is 0. The summed E-state index contributed by atoms with van der Waals surface area (Å²) >= 11 is 10.7. The van der Waals surface area contributed by atoms with E-state index in [-0.39, 0.29) is 5.24 Å². The topological polar surface area (TPSA) is 97.6 Å². The number of benzene rings is 1. The first-order valence-electron chi connectivity index (χ1n) is 6.75. The van der Waals surface area contributed by atoms with Crippen LogP contribution in [0.15, 0.2) is 24.3 Å². The molecule has 1 aliphatic rings. The Labute approximate surface area is 143 Å². The maximum absolute atomic E-state index is 10.1. The highest BCUT2D eigenvalue weighted by Gasteiger charge is 2.46. The molecular formula is C14H17ClO7S. The zero-order valence-electron chi connectivity index (χ0n) is 12.2. The molecule has 2 rings (SSSR count). The molecule has 1 aromatic rings. The highest BCUT2D eigenvalue weighted by atomic mass is 35.5. The average Bonchev–Trinajstić information content (AvgIpc) is 2.54.